The van der Waals surface area contributed by atoms with Crippen molar-refractivity contribution in [1.29, 1.82) is 0 Å². The average molecular weight is 332 g/mol. The summed E-state index contributed by atoms with van der Waals surface area (Å²) in [6.07, 6.45) is 2.50. The normalized spacial score (nSPS) is 30.1. The Morgan fingerprint density at radius 3 is 2.96 bits per heavy atom. The van der Waals surface area contributed by atoms with E-state index in [4.69, 9.17) is 14.2 Å². The van der Waals surface area contributed by atoms with Crippen LogP contribution in [0.1, 0.15) is 18.4 Å². The van der Waals surface area contributed by atoms with E-state index in [1.54, 1.807) is 0 Å². The number of nitrogens with one attached hydrogen (secondary N) is 1. The van der Waals surface area contributed by atoms with Gasteiger partial charge < -0.3 is 24.4 Å². The Bertz CT molecular complexity index is 633. The molecule has 1 saturated carbocycles. The van der Waals surface area contributed by atoms with E-state index in [9.17, 15) is 4.79 Å². The van der Waals surface area contributed by atoms with Crippen LogP contribution in [0.3, 0.4) is 0 Å². The first-order chi connectivity index (χ1) is 11.6. The second kappa shape index (κ2) is 6.26. The molecule has 1 N–H and O–H groups in total. The number of hydrogen-bond donors (Lipinski definition) is 1. The van der Waals surface area contributed by atoms with Gasteiger partial charge in [-0.25, -0.2) is 0 Å². The number of fused-ring (bicyclic) bond motifs is 2. The van der Waals surface area contributed by atoms with E-state index in [0.717, 1.165) is 30.1 Å². The number of carbonyl (C=O) groups is 1. The second-order valence-corrected chi connectivity index (χ2v) is 7.02. The van der Waals surface area contributed by atoms with Crippen LogP contribution < -0.4 is 14.8 Å². The molecular formula is C18H24N2O4. The Kier molecular flexibility index (Phi) is 4.10. The molecule has 1 aromatic carbocycles. The maximum absolute atomic E-state index is 12.4. The Morgan fingerprint density at radius 1 is 1.29 bits per heavy atom. The quantitative estimate of drug-likeness (QED) is 0.877. The van der Waals surface area contributed by atoms with E-state index in [1.165, 1.54) is 0 Å². The molecular weight excluding hydrogens is 308 g/mol. The van der Waals surface area contributed by atoms with Crippen molar-refractivity contribution in [3.63, 3.8) is 0 Å². The maximum atomic E-state index is 12.4. The number of hydrogen-bond acceptors (Lipinski definition) is 5. The molecule has 0 radical (unpaired) electrons. The van der Waals surface area contributed by atoms with Gasteiger partial charge in [-0.05, 0) is 44.6 Å². The molecule has 1 aliphatic carbocycles. The largest absolute Gasteiger partial charge is 0.454 e. The Balaban J connectivity index is 1.32. The molecule has 130 valence electrons. The number of nitrogens with zero attached hydrogens (tertiary/aromatic N) is 1. The van der Waals surface area contributed by atoms with Crippen molar-refractivity contribution in [1.82, 2.24) is 10.2 Å². The fraction of sp³-hybridized carbons (Fsp3) is 0.611. The molecule has 6 nitrogen and oxygen atoms in total. The zero-order chi connectivity index (χ0) is 16.7. The first kappa shape index (κ1) is 15.7. The highest BCUT2D eigenvalue weighted by molar-refractivity contribution is 5.77. The first-order valence-corrected chi connectivity index (χ1v) is 8.59. The molecule has 1 saturated heterocycles. The van der Waals surface area contributed by atoms with E-state index in [2.05, 4.69) is 10.2 Å². The van der Waals surface area contributed by atoms with Crippen LogP contribution in [0, 0.1) is 5.92 Å². The van der Waals surface area contributed by atoms with Crippen molar-refractivity contribution in [2.24, 2.45) is 5.92 Å². The smallest absolute Gasteiger partial charge is 0.231 e. The van der Waals surface area contributed by atoms with Gasteiger partial charge in [-0.3, -0.25) is 4.79 Å². The molecule has 0 aromatic heterocycles. The van der Waals surface area contributed by atoms with E-state index in [1.807, 2.05) is 32.3 Å². The molecule has 3 aliphatic rings. The number of amides is 1. The molecule has 4 rings (SSSR count). The minimum absolute atomic E-state index is 0.106. The number of rotatable bonds is 5. The third kappa shape index (κ3) is 2.74. The highest BCUT2D eigenvalue weighted by atomic mass is 16.7. The van der Waals surface area contributed by atoms with Crippen molar-refractivity contribution in [3.05, 3.63) is 23.8 Å². The molecule has 2 aliphatic heterocycles. The zero-order valence-electron chi connectivity index (χ0n) is 14.2. The molecule has 1 aromatic rings. The highest BCUT2D eigenvalue weighted by Crippen LogP contribution is 2.41. The van der Waals surface area contributed by atoms with Crippen LogP contribution in [0.15, 0.2) is 18.2 Å². The molecule has 2 heterocycles. The molecule has 1 amide bonds. The lowest BCUT2D eigenvalue weighted by Gasteiger charge is -2.50. The summed E-state index contributed by atoms with van der Waals surface area (Å²) >= 11 is 0. The summed E-state index contributed by atoms with van der Waals surface area (Å²) in [6.45, 7) is 1.08. The van der Waals surface area contributed by atoms with Gasteiger partial charge in [0.2, 0.25) is 12.7 Å². The lowest BCUT2D eigenvalue weighted by molar-refractivity contribution is -0.128. The summed E-state index contributed by atoms with van der Waals surface area (Å²) < 4.78 is 16.5. The van der Waals surface area contributed by atoms with Crippen LogP contribution in [0.25, 0.3) is 0 Å². The molecule has 0 bridgehead atoms. The number of aryl methyl sites for hydroxylation is 1. The van der Waals surface area contributed by atoms with Crippen molar-refractivity contribution < 1.29 is 19.0 Å². The van der Waals surface area contributed by atoms with Gasteiger partial charge in [0.1, 0.15) is 0 Å². The van der Waals surface area contributed by atoms with Gasteiger partial charge in [-0.1, -0.05) is 6.07 Å². The predicted octanol–water partition coefficient (Wildman–Crippen LogP) is 1.18. The van der Waals surface area contributed by atoms with Crippen LogP contribution in [0.5, 0.6) is 11.5 Å². The van der Waals surface area contributed by atoms with E-state index >= 15 is 0 Å². The summed E-state index contributed by atoms with van der Waals surface area (Å²) in [6, 6.07) is 6.35. The highest BCUT2D eigenvalue weighted by Gasteiger charge is 2.55. The van der Waals surface area contributed by atoms with Crippen molar-refractivity contribution in [2.75, 3.05) is 27.5 Å². The molecule has 0 unspecified atom stereocenters. The van der Waals surface area contributed by atoms with Crippen LogP contribution in [0.2, 0.25) is 0 Å². The van der Waals surface area contributed by atoms with Gasteiger partial charge in [0, 0.05) is 18.9 Å². The Hall–Kier alpha value is -1.79. The minimum atomic E-state index is 0.106. The summed E-state index contributed by atoms with van der Waals surface area (Å²) in [5, 5.41) is 3.23. The van der Waals surface area contributed by atoms with E-state index in [-0.39, 0.29) is 30.9 Å². The second-order valence-electron chi connectivity index (χ2n) is 7.02. The third-order valence-electron chi connectivity index (χ3n) is 5.35. The van der Waals surface area contributed by atoms with Gasteiger partial charge in [-0.15, -0.1) is 0 Å². The fourth-order valence-corrected chi connectivity index (χ4v) is 4.10. The van der Waals surface area contributed by atoms with Crippen LogP contribution in [-0.4, -0.2) is 56.5 Å². The number of ether oxygens (including phenoxy) is 3. The molecule has 4 atom stereocenters. The van der Waals surface area contributed by atoms with E-state index < -0.39 is 0 Å². The predicted molar refractivity (Wildman–Crippen MR) is 88.1 cm³/mol. The zero-order valence-corrected chi connectivity index (χ0v) is 14.2. The van der Waals surface area contributed by atoms with Crippen molar-refractivity contribution >= 4 is 5.91 Å². The lowest BCUT2D eigenvalue weighted by atomic mass is 9.71. The minimum Gasteiger partial charge on any atom is -0.454 e. The molecule has 0 spiro atoms. The van der Waals surface area contributed by atoms with Gasteiger partial charge >= 0.3 is 0 Å². The first-order valence-electron chi connectivity index (χ1n) is 8.59. The summed E-state index contributed by atoms with van der Waals surface area (Å²) in [5.41, 5.74) is 1.09. The Labute approximate surface area is 142 Å². The number of carbonyl (C=O) groups excluding carboxylic acids is 1. The average Bonchev–Trinajstić information content (AvgIpc) is 3.16. The maximum Gasteiger partial charge on any atom is 0.231 e. The van der Waals surface area contributed by atoms with Crippen LogP contribution in [0.4, 0.5) is 0 Å². The van der Waals surface area contributed by atoms with Gasteiger partial charge in [0.05, 0.1) is 18.2 Å². The van der Waals surface area contributed by atoms with Gasteiger partial charge in [0.15, 0.2) is 11.5 Å². The topological polar surface area (TPSA) is 60.0 Å². The summed E-state index contributed by atoms with van der Waals surface area (Å²) in [7, 11) is 4.10. The molecule has 2 fully saturated rings. The molecule has 24 heavy (non-hydrogen) atoms. The van der Waals surface area contributed by atoms with Crippen molar-refractivity contribution in [2.45, 2.75) is 37.5 Å². The van der Waals surface area contributed by atoms with Crippen molar-refractivity contribution in [3.8, 4) is 11.5 Å². The van der Waals surface area contributed by atoms with Crippen LogP contribution in [-0.2, 0) is 16.0 Å². The summed E-state index contributed by atoms with van der Waals surface area (Å²) in [5.74, 6) is 2.12. The van der Waals surface area contributed by atoms with Gasteiger partial charge in [0.25, 0.3) is 0 Å². The van der Waals surface area contributed by atoms with E-state index in [0.29, 0.717) is 18.8 Å². The fourth-order valence-electron chi connectivity index (χ4n) is 4.10. The number of likely N-dealkylation sites (N-methyl/N-ethyl adjacent to an activating group) is 1. The standard InChI is InChI=1S/C18H24N2O4/c1-20(2)17-16(12-7-8-22-18(12)17)19-15(21)6-4-11-3-5-13-14(9-11)24-10-23-13/h3,5,9,12,16-18H,4,6-8,10H2,1-2H3,(H,19,21)/t12-,16+,17-,18-/m0/s1. The molecule has 6 heteroatoms. The summed E-state index contributed by atoms with van der Waals surface area (Å²) in [4.78, 5) is 14.5. The third-order valence-corrected chi connectivity index (χ3v) is 5.35. The SMILES string of the molecule is CN(C)[C@H]1[C@H](NC(=O)CCc2ccc3c(c2)OCO3)[C@@H]2CCO[C@@H]21. The number of benzene rings is 1. The van der Waals surface area contributed by atoms with Gasteiger partial charge in [-0.2, -0.15) is 0 Å². The monoisotopic (exact) mass is 332 g/mol. The van der Waals surface area contributed by atoms with Crippen LogP contribution >= 0.6 is 0 Å². The Morgan fingerprint density at radius 2 is 2.12 bits per heavy atom. The lowest BCUT2D eigenvalue weighted by Crippen LogP contribution is -2.69.